The average Bonchev–Trinajstić information content (AvgIpc) is 3.08. The second-order valence-electron chi connectivity index (χ2n) is 8.56. The number of hydrogen-bond donors (Lipinski definition) is 4. The summed E-state index contributed by atoms with van der Waals surface area (Å²) < 4.78 is 36.9. The van der Waals surface area contributed by atoms with Crippen molar-refractivity contribution < 1.29 is 38.1 Å². The highest BCUT2D eigenvalue weighted by Crippen LogP contribution is 2.47. The number of rotatable bonds is 10. The standard InChI is InChI=1S/C22H31N4O9P/c1-12(2)32-21(29)13(3)25-36(31,35-15-8-6-5-7-9-15)34-14(4)19-17(27)18(28)20(33-19)26-11-10-16(23)24-22(26)30/h5-14,17-20,27-28H,1-4H3,(H,25,31)(H2,23,24,30)/t13-,14-,17-,18+,19+,20+,36?/m0/s1. The zero-order chi connectivity index (χ0) is 26.6. The normalized spacial score (nSPS) is 25.2. The maximum atomic E-state index is 13.7. The molecular formula is C22H31N4O9P. The minimum Gasteiger partial charge on any atom is -0.462 e. The van der Waals surface area contributed by atoms with Gasteiger partial charge in [-0.15, -0.1) is 0 Å². The van der Waals surface area contributed by atoms with E-state index >= 15 is 0 Å². The van der Waals surface area contributed by atoms with Crippen LogP contribution in [0.1, 0.15) is 33.9 Å². The molecule has 13 nitrogen and oxygen atoms in total. The Balaban J connectivity index is 1.81. The molecule has 1 aliphatic heterocycles. The summed E-state index contributed by atoms with van der Waals surface area (Å²) in [5.41, 5.74) is 4.71. The third-order valence-corrected chi connectivity index (χ3v) is 6.96. The van der Waals surface area contributed by atoms with Crippen molar-refractivity contribution >= 4 is 19.5 Å². The van der Waals surface area contributed by atoms with Crippen LogP contribution in [0.25, 0.3) is 0 Å². The largest absolute Gasteiger partial charge is 0.462 e. The fourth-order valence-corrected chi connectivity index (χ4v) is 5.22. The molecule has 0 amide bonds. The molecule has 36 heavy (non-hydrogen) atoms. The van der Waals surface area contributed by atoms with Crippen LogP contribution in [0.2, 0.25) is 0 Å². The monoisotopic (exact) mass is 526 g/mol. The van der Waals surface area contributed by atoms with E-state index in [1.807, 2.05) is 0 Å². The van der Waals surface area contributed by atoms with E-state index in [9.17, 15) is 24.4 Å². The third kappa shape index (κ3) is 6.69. The Labute approximate surface area is 207 Å². The average molecular weight is 526 g/mol. The van der Waals surface area contributed by atoms with E-state index in [4.69, 9.17) is 24.3 Å². The molecule has 0 bridgehead atoms. The van der Waals surface area contributed by atoms with E-state index < -0.39 is 62.2 Å². The zero-order valence-electron chi connectivity index (χ0n) is 20.3. The number of benzene rings is 1. The van der Waals surface area contributed by atoms with Crippen LogP contribution >= 0.6 is 7.75 Å². The number of nitrogens with one attached hydrogen (secondary N) is 1. The summed E-state index contributed by atoms with van der Waals surface area (Å²) in [7, 11) is -4.28. The lowest BCUT2D eigenvalue weighted by atomic mass is 10.1. The smallest absolute Gasteiger partial charge is 0.459 e. The first-order valence-electron chi connectivity index (χ1n) is 11.3. The molecule has 0 spiro atoms. The van der Waals surface area contributed by atoms with Gasteiger partial charge in [-0.05, 0) is 45.9 Å². The van der Waals surface area contributed by atoms with Crippen LogP contribution in [0.4, 0.5) is 5.82 Å². The van der Waals surface area contributed by atoms with Gasteiger partial charge >= 0.3 is 19.4 Å². The number of ether oxygens (including phenoxy) is 2. The summed E-state index contributed by atoms with van der Waals surface area (Å²) in [6, 6.07) is 8.38. The highest BCUT2D eigenvalue weighted by molar-refractivity contribution is 7.52. The van der Waals surface area contributed by atoms with Crippen LogP contribution in [0.3, 0.4) is 0 Å². The van der Waals surface area contributed by atoms with Gasteiger partial charge in [0.2, 0.25) is 0 Å². The van der Waals surface area contributed by atoms with Crippen molar-refractivity contribution in [3.63, 3.8) is 0 Å². The molecule has 5 N–H and O–H groups in total. The molecule has 0 saturated carbocycles. The fraction of sp³-hybridized carbons (Fsp3) is 0.500. The highest BCUT2D eigenvalue weighted by atomic mass is 31.2. The molecule has 1 fully saturated rings. The van der Waals surface area contributed by atoms with Gasteiger partial charge in [0, 0.05) is 6.20 Å². The highest BCUT2D eigenvalue weighted by Gasteiger charge is 2.49. The van der Waals surface area contributed by atoms with Crippen LogP contribution in [0, 0.1) is 0 Å². The number of nitrogens with zero attached hydrogens (tertiary/aromatic N) is 2. The van der Waals surface area contributed by atoms with Crippen LogP contribution in [-0.2, 0) is 23.4 Å². The molecule has 0 radical (unpaired) electrons. The van der Waals surface area contributed by atoms with Crippen molar-refractivity contribution in [3.05, 3.63) is 53.1 Å². The quantitative estimate of drug-likeness (QED) is 0.254. The Morgan fingerprint density at radius 3 is 2.44 bits per heavy atom. The van der Waals surface area contributed by atoms with E-state index in [-0.39, 0.29) is 11.6 Å². The summed E-state index contributed by atoms with van der Waals surface area (Å²) in [6.07, 6.45) is -5.88. The molecule has 14 heteroatoms. The zero-order valence-corrected chi connectivity index (χ0v) is 21.1. The number of nitrogens with two attached hydrogens (primary N) is 1. The third-order valence-electron chi connectivity index (χ3n) is 5.19. The Morgan fingerprint density at radius 1 is 1.17 bits per heavy atom. The second kappa shape index (κ2) is 11.5. The Bertz CT molecular complexity index is 1150. The first-order valence-corrected chi connectivity index (χ1v) is 12.8. The van der Waals surface area contributed by atoms with E-state index in [0.29, 0.717) is 0 Å². The maximum absolute atomic E-state index is 13.7. The molecule has 1 unspecified atom stereocenters. The van der Waals surface area contributed by atoms with Crippen molar-refractivity contribution in [1.29, 1.82) is 0 Å². The molecule has 2 aromatic rings. The number of nitrogen functional groups attached to an aromatic ring is 1. The summed E-state index contributed by atoms with van der Waals surface area (Å²) >= 11 is 0. The summed E-state index contributed by atoms with van der Waals surface area (Å²) in [4.78, 5) is 28.1. The number of esters is 1. The second-order valence-corrected chi connectivity index (χ2v) is 10.2. The van der Waals surface area contributed by atoms with Crippen molar-refractivity contribution in [3.8, 4) is 5.75 Å². The summed E-state index contributed by atoms with van der Waals surface area (Å²) in [6.45, 7) is 6.21. The predicted molar refractivity (Wildman–Crippen MR) is 128 cm³/mol. The molecule has 198 valence electrons. The maximum Gasteiger partial charge on any atom is 0.459 e. The van der Waals surface area contributed by atoms with Gasteiger partial charge in [-0.3, -0.25) is 13.9 Å². The fourth-order valence-electron chi connectivity index (χ4n) is 3.52. The lowest BCUT2D eigenvalue weighted by Gasteiger charge is -2.28. The number of carbonyl (C=O) groups is 1. The Hall–Kier alpha value is -2.80. The topological polar surface area (TPSA) is 184 Å². The lowest BCUT2D eigenvalue weighted by molar-refractivity contribution is -0.149. The molecule has 0 aliphatic carbocycles. The van der Waals surface area contributed by atoms with Crippen LogP contribution in [0.5, 0.6) is 5.75 Å². The number of aromatic nitrogens is 2. The van der Waals surface area contributed by atoms with E-state index in [1.54, 1.807) is 44.2 Å². The van der Waals surface area contributed by atoms with Gasteiger partial charge in [-0.2, -0.15) is 10.1 Å². The minimum absolute atomic E-state index is 0.0206. The molecule has 7 atom stereocenters. The number of carbonyl (C=O) groups excluding carboxylic acids is 1. The lowest BCUT2D eigenvalue weighted by Crippen LogP contribution is -2.41. The summed E-state index contributed by atoms with van der Waals surface area (Å²) in [5.74, 6) is -0.510. The van der Waals surface area contributed by atoms with Gasteiger partial charge < -0.3 is 29.9 Å². The Kier molecular flexibility index (Phi) is 8.88. The van der Waals surface area contributed by atoms with Gasteiger partial charge in [0.25, 0.3) is 0 Å². The SMILES string of the molecule is CC(C)OC(=O)[C@H](C)NP(=O)(Oc1ccccc1)O[C@@H](C)[C@H]1O[C@@H](n2ccc(N)nc2=O)[C@H](O)[C@@H]1O. The van der Waals surface area contributed by atoms with Crippen LogP contribution in [0.15, 0.2) is 47.4 Å². The van der Waals surface area contributed by atoms with Crippen LogP contribution < -0.4 is 21.0 Å². The van der Waals surface area contributed by atoms with E-state index in [1.165, 1.54) is 26.1 Å². The molecule has 1 aromatic heterocycles. The molecule has 1 aromatic carbocycles. The predicted octanol–water partition coefficient (Wildman–Crippen LogP) is 0.967. The number of aliphatic hydroxyl groups excluding tert-OH is 2. The molecule has 1 saturated heterocycles. The molecule has 3 rings (SSSR count). The van der Waals surface area contributed by atoms with E-state index in [0.717, 1.165) is 4.57 Å². The Morgan fingerprint density at radius 2 is 1.83 bits per heavy atom. The van der Waals surface area contributed by atoms with E-state index in [2.05, 4.69) is 10.1 Å². The van der Waals surface area contributed by atoms with Gasteiger partial charge in [0.05, 0.1) is 12.2 Å². The molecule has 1 aliphatic rings. The van der Waals surface area contributed by atoms with Crippen molar-refractivity contribution in [2.75, 3.05) is 5.73 Å². The minimum atomic E-state index is -4.28. The first kappa shape index (κ1) is 27.8. The van der Waals surface area contributed by atoms with Crippen molar-refractivity contribution in [2.24, 2.45) is 0 Å². The first-order chi connectivity index (χ1) is 16.9. The van der Waals surface area contributed by atoms with Gasteiger partial charge in [0.15, 0.2) is 6.23 Å². The van der Waals surface area contributed by atoms with Gasteiger partial charge in [0.1, 0.15) is 35.9 Å². The number of aliphatic hydroxyl groups is 2. The van der Waals surface area contributed by atoms with Crippen molar-refractivity contribution in [2.45, 2.75) is 70.5 Å². The van der Waals surface area contributed by atoms with Crippen LogP contribution in [-0.4, -0.2) is 62.3 Å². The number of para-hydroxylation sites is 1. The summed E-state index contributed by atoms with van der Waals surface area (Å²) in [5, 5.41) is 23.7. The van der Waals surface area contributed by atoms with Gasteiger partial charge in [-0.25, -0.2) is 9.36 Å². The number of hydrogen-bond acceptors (Lipinski definition) is 11. The molecule has 2 heterocycles. The molecular weight excluding hydrogens is 495 g/mol. The van der Waals surface area contributed by atoms with Crippen molar-refractivity contribution in [1.82, 2.24) is 14.6 Å². The number of anilines is 1. The van der Waals surface area contributed by atoms with Gasteiger partial charge in [-0.1, -0.05) is 18.2 Å².